The highest BCUT2D eigenvalue weighted by molar-refractivity contribution is 5.13. The van der Waals surface area contributed by atoms with Gasteiger partial charge in [0.15, 0.2) is 0 Å². The Bertz CT molecular complexity index is 364. The molecule has 1 saturated heterocycles. The molecule has 0 amide bonds. The highest BCUT2D eigenvalue weighted by Crippen LogP contribution is 2.17. The van der Waals surface area contributed by atoms with Crippen molar-refractivity contribution in [2.45, 2.75) is 58.2 Å². The van der Waals surface area contributed by atoms with Crippen LogP contribution in [0.5, 0.6) is 0 Å². The number of nitrogens with one attached hydrogen (secondary N) is 1. The van der Waals surface area contributed by atoms with Crippen molar-refractivity contribution in [2.24, 2.45) is 0 Å². The minimum absolute atomic E-state index is 0.393. The van der Waals surface area contributed by atoms with E-state index in [1.807, 2.05) is 18.5 Å². The highest BCUT2D eigenvalue weighted by atomic mass is 15.1. The molecule has 1 unspecified atom stereocenters. The molecule has 0 spiro atoms. The van der Waals surface area contributed by atoms with Crippen LogP contribution in [0, 0.1) is 0 Å². The van der Waals surface area contributed by atoms with Gasteiger partial charge in [-0.25, -0.2) is 0 Å². The molecule has 1 fully saturated rings. The molecule has 1 aliphatic rings. The molecule has 0 aliphatic carbocycles. The lowest BCUT2D eigenvalue weighted by Gasteiger charge is -2.25. The molecular formula is C16H27N3. The van der Waals surface area contributed by atoms with Crippen LogP contribution >= 0.6 is 0 Å². The summed E-state index contributed by atoms with van der Waals surface area (Å²) in [6.07, 6.45) is 7.64. The van der Waals surface area contributed by atoms with Crippen molar-refractivity contribution in [1.29, 1.82) is 0 Å². The number of rotatable bonds is 4. The molecule has 2 atom stereocenters. The van der Waals surface area contributed by atoms with Crippen molar-refractivity contribution in [2.75, 3.05) is 13.1 Å². The molecule has 1 aliphatic heterocycles. The van der Waals surface area contributed by atoms with Crippen LogP contribution < -0.4 is 5.32 Å². The van der Waals surface area contributed by atoms with E-state index in [4.69, 9.17) is 0 Å². The first-order chi connectivity index (χ1) is 9.16. The molecule has 2 rings (SSSR count). The molecule has 0 aromatic carbocycles. The lowest BCUT2D eigenvalue weighted by atomic mass is 10.1. The van der Waals surface area contributed by atoms with Crippen molar-refractivity contribution in [3.8, 4) is 0 Å². The van der Waals surface area contributed by atoms with Crippen LogP contribution in [0.15, 0.2) is 24.5 Å². The first-order valence-electron chi connectivity index (χ1n) is 7.57. The van der Waals surface area contributed by atoms with Gasteiger partial charge >= 0.3 is 0 Å². The van der Waals surface area contributed by atoms with Crippen LogP contribution in [0.4, 0.5) is 0 Å². The van der Waals surface area contributed by atoms with Crippen LogP contribution in [-0.2, 0) is 0 Å². The van der Waals surface area contributed by atoms with Gasteiger partial charge in [-0.1, -0.05) is 6.07 Å². The zero-order valence-electron chi connectivity index (χ0n) is 12.5. The predicted molar refractivity (Wildman–Crippen MR) is 80.1 cm³/mol. The summed E-state index contributed by atoms with van der Waals surface area (Å²) in [6, 6.07) is 5.88. The Balaban J connectivity index is 1.86. The quantitative estimate of drug-likeness (QED) is 0.903. The lowest BCUT2D eigenvalue weighted by molar-refractivity contribution is 0.228. The summed E-state index contributed by atoms with van der Waals surface area (Å²) in [6.45, 7) is 9.30. The van der Waals surface area contributed by atoms with Gasteiger partial charge in [-0.2, -0.15) is 0 Å². The number of hydrogen-bond acceptors (Lipinski definition) is 3. The fourth-order valence-electron chi connectivity index (χ4n) is 2.88. The molecule has 1 N–H and O–H groups in total. The topological polar surface area (TPSA) is 28.2 Å². The molecule has 106 valence electrons. The van der Waals surface area contributed by atoms with Gasteiger partial charge in [-0.05, 0) is 64.8 Å². The lowest BCUT2D eigenvalue weighted by Crippen LogP contribution is -2.35. The Labute approximate surface area is 117 Å². The van der Waals surface area contributed by atoms with E-state index < -0.39 is 0 Å². The van der Waals surface area contributed by atoms with Gasteiger partial charge in [0.1, 0.15) is 0 Å². The van der Waals surface area contributed by atoms with Crippen molar-refractivity contribution in [3.05, 3.63) is 30.1 Å². The largest absolute Gasteiger partial charge is 0.307 e. The van der Waals surface area contributed by atoms with Gasteiger partial charge < -0.3 is 10.2 Å². The normalized spacial score (nSPS) is 23.3. The minimum Gasteiger partial charge on any atom is -0.307 e. The Morgan fingerprint density at radius 3 is 2.79 bits per heavy atom. The average molecular weight is 261 g/mol. The van der Waals surface area contributed by atoms with E-state index in [0.29, 0.717) is 18.1 Å². The summed E-state index contributed by atoms with van der Waals surface area (Å²) in [7, 11) is 0. The molecule has 0 saturated carbocycles. The summed E-state index contributed by atoms with van der Waals surface area (Å²) in [5.41, 5.74) is 1.28. The van der Waals surface area contributed by atoms with E-state index in [9.17, 15) is 0 Å². The fraction of sp³-hybridized carbons (Fsp3) is 0.688. The SMILES string of the molecule is CC(C)N1CCCC(N[C@H](C)c2cccnc2)CC1. The Hall–Kier alpha value is -0.930. The summed E-state index contributed by atoms with van der Waals surface area (Å²) in [4.78, 5) is 6.80. The predicted octanol–water partition coefficient (Wildman–Crippen LogP) is 3.00. The first-order valence-corrected chi connectivity index (χ1v) is 7.57. The molecule has 19 heavy (non-hydrogen) atoms. The maximum absolute atomic E-state index is 4.20. The van der Waals surface area contributed by atoms with E-state index >= 15 is 0 Å². The number of hydrogen-bond donors (Lipinski definition) is 1. The van der Waals surface area contributed by atoms with Gasteiger partial charge in [-0.3, -0.25) is 4.98 Å². The first kappa shape index (κ1) is 14.5. The van der Waals surface area contributed by atoms with Gasteiger partial charge in [0.05, 0.1) is 0 Å². The maximum atomic E-state index is 4.20. The average Bonchev–Trinajstić information content (AvgIpc) is 2.65. The Morgan fingerprint density at radius 2 is 2.11 bits per heavy atom. The molecule has 2 heterocycles. The summed E-state index contributed by atoms with van der Waals surface area (Å²) in [5.74, 6) is 0. The minimum atomic E-state index is 0.393. The van der Waals surface area contributed by atoms with Gasteiger partial charge in [0, 0.05) is 30.5 Å². The summed E-state index contributed by atoms with van der Waals surface area (Å²) < 4.78 is 0. The van der Waals surface area contributed by atoms with E-state index in [0.717, 1.165) is 0 Å². The van der Waals surface area contributed by atoms with Crippen molar-refractivity contribution >= 4 is 0 Å². The third-order valence-corrected chi connectivity index (χ3v) is 4.16. The molecule has 0 bridgehead atoms. The van der Waals surface area contributed by atoms with Crippen LogP contribution in [0.25, 0.3) is 0 Å². The molecule has 1 aromatic heterocycles. The molecular weight excluding hydrogens is 234 g/mol. The van der Waals surface area contributed by atoms with Crippen molar-refractivity contribution < 1.29 is 0 Å². The molecule has 1 aromatic rings. The van der Waals surface area contributed by atoms with E-state index in [-0.39, 0.29) is 0 Å². The molecule has 3 heteroatoms. The van der Waals surface area contributed by atoms with Gasteiger partial charge in [-0.15, -0.1) is 0 Å². The monoisotopic (exact) mass is 261 g/mol. The number of aromatic nitrogens is 1. The van der Waals surface area contributed by atoms with Crippen LogP contribution in [0.3, 0.4) is 0 Å². The second kappa shape index (κ2) is 7.01. The number of nitrogens with zero attached hydrogens (tertiary/aromatic N) is 2. The van der Waals surface area contributed by atoms with E-state index in [1.54, 1.807) is 0 Å². The molecule has 0 radical (unpaired) electrons. The fourth-order valence-corrected chi connectivity index (χ4v) is 2.88. The standard InChI is InChI=1S/C16H27N3/c1-13(2)19-10-5-7-16(8-11-19)18-14(3)15-6-4-9-17-12-15/h4,6,9,12-14,16,18H,5,7-8,10-11H2,1-3H3/t14-,16?/m1/s1. The smallest absolute Gasteiger partial charge is 0.0315 e. The van der Waals surface area contributed by atoms with Gasteiger partial charge in [0.25, 0.3) is 0 Å². The highest BCUT2D eigenvalue weighted by Gasteiger charge is 2.20. The second-order valence-corrected chi connectivity index (χ2v) is 5.93. The number of pyridine rings is 1. The maximum Gasteiger partial charge on any atom is 0.0315 e. The van der Waals surface area contributed by atoms with Crippen molar-refractivity contribution in [3.63, 3.8) is 0 Å². The molecule has 3 nitrogen and oxygen atoms in total. The zero-order valence-corrected chi connectivity index (χ0v) is 12.5. The summed E-state index contributed by atoms with van der Waals surface area (Å²) >= 11 is 0. The van der Waals surface area contributed by atoms with E-state index in [1.165, 1.54) is 37.9 Å². The Kier molecular flexibility index (Phi) is 5.34. The Morgan fingerprint density at radius 1 is 1.26 bits per heavy atom. The van der Waals surface area contributed by atoms with Crippen LogP contribution in [-0.4, -0.2) is 35.1 Å². The number of likely N-dealkylation sites (tertiary alicyclic amines) is 1. The zero-order chi connectivity index (χ0) is 13.7. The van der Waals surface area contributed by atoms with E-state index in [2.05, 4.69) is 42.0 Å². The van der Waals surface area contributed by atoms with Gasteiger partial charge in [0.2, 0.25) is 0 Å². The third kappa shape index (κ3) is 4.29. The van der Waals surface area contributed by atoms with Crippen LogP contribution in [0.2, 0.25) is 0 Å². The van der Waals surface area contributed by atoms with Crippen LogP contribution in [0.1, 0.15) is 51.6 Å². The van der Waals surface area contributed by atoms with Crippen molar-refractivity contribution in [1.82, 2.24) is 15.2 Å². The third-order valence-electron chi connectivity index (χ3n) is 4.16. The second-order valence-electron chi connectivity index (χ2n) is 5.93. The summed E-state index contributed by atoms with van der Waals surface area (Å²) in [5, 5.41) is 3.77.